The lowest BCUT2D eigenvalue weighted by Crippen LogP contribution is -2.05. The monoisotopic (exact) mass is 218 g/mol. The SMILES string of the molecule is CC1C=C(C(=O)C2=CC(C)C(C)C2)CC1C. The van der Waals surface area contributed by atoms with Gasteiger partial charge in [-0.2, -0.15) is 0 Å². The number of carbonyl (C=O) groups excluding carboxylic acids is 1. The molecule has 0 heterocycles. The zero-order chi connectivity index (χ0) is 11.9. The Kier molecular flexibility index (Phi) is 3.05. The van der Waals surface area contributed by atoms with Crippen LogP contribution < -0.4 is 0 Å². The third kappa shape index (κ3) is 2.00. The first-order valence-corrected chi connectivity index (χ1v) is 6.45. The highest BCUT2D eigenvalue weighted by molar-refractivity contribution is 6.08. The Morgan fingerprint density at radius 2 is 1.31 bits per heavy atom. The van der Waals surface area contributed by atoms with E-state index in [4.69, 9.17) is 0 Å². The van der Waals surface area contributed by atoms with Crippen molar-refractivity contribution in [2.45, 2.75) is 40.5 Å². The topological polar surface area (TPSA) is 17.1 Å². The first kappa shape index (κ1) is 11.6. The van der Waals surface area contributed by atoms with Gasteiger partial charge < -0.3 is 0 Å². The molecule has 16 heavy (non-hydrogen) atoms. The summed E-state index contributed by atoms with van der Waals surface area (Å²) in [6, 6.07) is 0. The van der Waals surface area contributed by atoms with Crippen molar-refractivity contribution in [1.82, 2.24) is 0 Å². The third-order valence-corrected chi connectivity index (χ3v) is 4.39. The Morgan fingerprint density at radius 1 is 0.938 bits per heavy atom. The van der Waals surface area contributed by atoms with Crippen molar-refractivity contribution in [2.75, 3.05) is 0 Å². The van der Waals surface area contributed by atoms with E-state index >= 15 is 0 Å². The molecule has 2 aliphatic carbocycles. The second-order valence-corrected chi connectivity index (χ2v) is 5.79. The molecule has 0 aromatic rings. The van der Waals surface area contributed by atoms with Crippen molar-refractivity contribution in [3.05, 3.63) is 23.3 Å². The van der Waals surface area contributed by atoms with E-state index in [2.05, 4.69) is 39.8 Å². The highest BCUT2D eigenvalue weighted by Gasteiger charge is 2.29. The summed E-state index contributed by atoms with van der Waals surface area (Å²) in [6.07, 6.45) is 6.31. The van der Waals surface area contributed by atoms with E-state index < -0.39 is 0 Å². The molecule has 0 N–H and O–H groups in total. The van der Waals surface area contributed by atoms with Gasteiger partial charge in [0.2, 0.25) is 0 Å². The van der Waals surface area contributed by atoms with Crippen LogP contribution in [0.4, 0.5) is 0 Å². The Labute approximate surface area is 98.6 Å². The lowest BCUT2D eigenvalue weighted by atomic mass is 9.96. The maximum absolute atomic E-state index is 12.3. The summed E-state index contributed by atoms with van der Waals surface area (Å²) in [5, 5.41) is 0. The molecule has 0 fully saturated rings. The van der Waals surface area contributed by atoms with Gasteiger partial charge >= 0.3 is 0 Å². The lowest BCUT2D eigenvalue weighted by Gasteiger charge is -2.07. The second-order valence-electron chi connectivity index (χ2n) is 5.79. The molecule has 2 aliphatic rings. The molecule has 0 aliphatic heterocycles. The fraction of sp³-hybridized carbons (Fsp3) is 0.667. The van der Waals surface area contributed by atoms with Crippen LogP contribution in [-0.2, 0) is 4.79 Å². The van der Waals surface area contributed by atoms with Crippen molar-refractivity contribution >= 4 is 5.78 Å². The fourth-order valence-corrected chi connectivity index (χ4v) is 2.71. The van der Waals surface area contributed by atoms with E-state index in [-0.39, 0.29) is 0 Å². The molecule has 0 amide bonds. The summed E-state index contributed by atoms with van der Waals surface area (Å²) < 4.78 is 0. The lowest BCUT2D eigenvalue weighted by molar-refractivity contribution is -0.112. The molecule has 0 aromatic heterocycles. The maximum Gasteiger partial charge on any atom is 0.184 e. The number of ketones is 1. The van der Waals surface area contributed by atoms with Crippen LogP contribution in [0, 0.1) is 23.7 Å². The highest BCUT2D eigenvalue weighted by atomic mass is 16.1. The van der Waals surface area contributed by atoms with E-state index in [1.54, 1.807) is 0 Å². The standard InChI is InChI=1S/C15H22O/c1-9-5-13(6-10(9)2)15(16)14-7-11(3)12(4)8-14/h5,7,9-12H,6,8H2,1-4H3. The number of hydrogen-bond acceptors (Lipinski definition) is 1. The molecule has 88 valence electrons. The van der Waals surface area contributed by atoms with Crippen LogP contribution in [0.15, 0.2) is 23.3 Å². The predicted molar refractivity (Wildman–Crippen MR) is 67.1 cm³/mol. The van der Waals surface area contributed by atoms with E-state index in [0.29, 0.717) is 29.5 Å². The van der Waals surface area contributed by atoms with E-state index in [1.165, 1.54) is 0 Å². The Bertz CT molecular complexity index is 328. The van der Waals surface area contributed by atoms with Crippen LogP contribution >= 0.6 is 0 Å². The van der Waals surface area contributed by atoms with Crippen LogP contribution in [0.2, 0.25) is 0 Å². The summed E-state index contributed by atoms with van der Waals surface area (Å²) in [7, 11) is 0. The molecule has 0 saturated heterocycles. The van der Waals surface area contributed by atoms with Gasteiger partial charge in [0.1, 0.15) is 0 Å². The number of hydrogen-bond donors (Lipinski definition) is 0. The summed E-state index contributed by atoms with van der Waals surface area (Å²) in [5.74, 6) is 2.73. The summed E-state index contributed by atoms with van der Waals surface area (Å²) in [5.41, 5.74) is 2.13. The van der Waals surface area contributed by atoms with Crippen molar-refractivity contribution in [3.8, 4) is 0 Å². The van der Waals surface area contributed by atoms with Gasteiger partial charge in [-0.1, -0.05) is 39.8 Å². The van der Waals surface area contributed by atoms with Gasteiger partial charge in [0.25, 0.3) is 0 Å². The van der Waals surface area contributed by atoms with Crippen LogP contribution in [0.5, 0.6) is 0 Å². The molecular formula is C15H22O. The van der Waals surface area contributed by atoms with Gasteiger partial charge in [-0.25, -0.2) is 0 Å². The minimum atomic E-state index is 0.326. The molecule has 0 bridgehead atoms. The van der Waals surface area contributed by atoms with E-state index in [0.717, 1.165) is 24.0 Å². The van der Waals surface area contributed by atoms with E-state index in [9.17, 15) is 4.79 Å². The van der Waals surface area contributed by atoms with Crippen molar-refractivity contribution in [1.29, 1.82) is 0 Å². The van der Waals surface area contributed by atoms with Gasteiger partial charge in [-0.15, -0.1) is 0 Å². The van der Waals surface area contributed by atoms with Crippen molar-refractivity contribution < 1.29 is 4.79 Å². The highest BCUT2D eigenvalue weighted by Crippen LogP contribution is 2.36. The van der Waals surface area contributed by atoms with Gasteiger partial charge in [-0.3, -0.25) is 4.79 Å². The summed E-state index contributed by atoms with van der Waals surface area (Å²) in [6.45, 7) is 8.88. The molecule has 2 rings (SSSR count). The molecule has 0 radical (unpaired) electrons. The van der Waals surface area contributed by atoms with Crippen molar-refractivity contribution in [3.63, 3.8) is 0 Å². The first-order chi connectivity index (χ1) is 7.49. The van der Waals surface area contributed by atoms with Gasteiger partial charge in [0.05, 0.1) is 0 Å². The van der Waals surface area contributed by atoms with Crippen LogP contribution in [-0.4, -0.2) is 5.78 Å². The second kappa shape index (κ2) is 4.20. The number of rotatable bonds is 2. The molecule has 4 atom stereocenters. The van der Waals surface area contributed by atoms with E-state index in [1.807, 2.05) is 0 Å². The zero-order valence-corrected chi connectivity index (χ0v) is 10.8. The fourth-order valence-electron chi connectivity index (χ4n) is 2.71. The quantitative estimate of drug-likeness (QED) is 0.689. The van der Waals surface area contributed by atoms with Crippen molar-refractivity contribution in [2.24, 2.45) is 23.7 Å². The Morgan fingerprint density at radius 3 is 1.56 bits per heavy atom. The molecule has 1 nitrogen and oxygen atoms in total. The molecular weight excluding hydrogens is 196 g/mol. The Hall–Kier alpha value is -0.850. The third-order valence-electron chi connectivity index (χ3n) is 4.39. The molecule has 0 aromatic carbocycles. The molecule has 4 unspecified atom stereocenters. The van der Waals surface area contributed by atoms with Crippen LogP contribution in [0.25, 0.3) is 0 Å². The minimum Gasteiger partial charge on any atom is -0.289 e. The maximum atomic E-state index is 12.3. The summed E-state index contributed by atoms with van der Waals surface area (Å²) >= 11 is 0. The van der Waals surface area contributed by atoms with Crippen LogP contribution in [0.1, 0.15) is 40.5 Å². The largest absolute Gasteiger partial charge is 0.289 e. The smallest absolute Gasteiger partial charge is 0.184 e. The van der Waals surface area contributed by atoms with Crippen LogP contribution in [0.3, 0.4) is 0 Å². The number of allylic oxidation sites excluding steroid dienone is 4. The normalized spacial score (nSPS) is 38.5. The number of Topliss-reactive ketones (excluding diaryl/α,β-unsaturated/α-hetero) is 1. The molecule has 0 saturated carbocycles. The molecule has 0 spiro atoms. The van der Waals surface area contributed by atoms with Gasteiger partial charge in [0.15, 0.2) is 5.78 Å². The zero-order valence-electron chi connectivity index (χ0n) is 10.8. The number of carbonyl (C=O) groups is 1. The molecule has 1 heteroatoms. The van der Waals surface area contributed by atoms with Gasteiger partial charge in [0, 0.05) is 0 Å². The first-order valence-electron chi connectivity index (χ1n) is 6.45. The van der Waals surface area contributed by atoms with Gasteiger partial charge in [-0.05, 0) is 47.7 Å². The Balaban J connectivity index is 2.10. The minimum absolute atomic E-state index is 0.326. The summed E-state index contributed by atoms with van der Waals surface area (Å²) in [4.78, 5) is 12.3. The average Bonchev–Trinajstić information content (AvgIpc) is 2.72. The predicted octanol–water partition coefficient (Wildman–Crippen LogP) is 3.76. The average molecular weight is 218 g/mol.